The van der Waals surface area contributed by atoms with E-state index in [2.05, 4.69) is 9.71 Å². The number of anilines is 1. The molecule has 0 atom stereocenters. The van der Waals surface area contributed by atoms with Crippen molar-refractivity contribution in [2.45, 2.75) is 31.7 Å². The molecule has 0 spiro atoms. The lowest BCUT2D eigenvalue weighted by Crippen LogP contribution is -2.13. The predicted molar refractivity (Wildman–Crippen MR) is 92.1 cm³/mol. The molecule has 0 fully saturated rings. The number of hydrogen-bond donors (Lipinski definition) is 1. The van der Waals surface area contributed by atoms with E-state index in [-0.39, 0.29) is 16.6 Å². The van der Waals surface area contributed by atoms with Gasteiger partial charge in [0.15, 0.2) is 0 Å². The third-order valence-electron chi connectivity index (χ3n) is 3.82. The zero-order valence-electron chi connectivity index (χ0n) is 13.6. The molecular weight excluding hydrogens is 329 g/mol. The zero-order valence-corrected chi connectivity index (χ0v) is 14.4. The van der Waals surface area contributed by atoms with Crippen LogP contribution in [0.15, 0.2) is 47.6 Å². The smallest absolute Gasteiger partial charge is 0.264 e. The Bertz CT molecular complexity index is 1010. The number of benzene rings is 1. The summed E-state index contributed by atoms with van der Waals surface area (Å²) >= 11 is 0. The molecule has 2 heterocycles. The first-order chi connectivity index (χ1) is 11.3. The number of nitrogens with zero attached hydrogens (tertiary/aromatic N) is 2. The minimum Gasteiger partial charge on any atom is -0.329 e. The Labute approximate surface area is 140 Å². The molecule has 126 valence electrons. The normalized spacial score (nSPS) is 12.0. The van der Waals surface area contributed by atoms with Gasteiger partial charge in [-0.1, -0.05) is 6.07 Å². The average molecular weight is 347 g/mol. The van der Waals surface area contributed by atoms with Gasteiger partial charge in [-0.3, -0.25) is 4.72 Å². The monoisotopic (exact) mass is 347 g/mol. The number of aryl methyl sites for hydroxylation is 1. The Hall–Kier alpha value is -2.41. The molecule has 3 rings (SSSR count). The van der Waals surface area contributed by atoms with Gasteiger partial charge in [0.05, 0.1) is 5.69 Å². The van der Waals surface area contributed by atoms with E-state index in [0.29, 0.717) is 16.6 Å². The highest BCUT2D eigenvalue weighted by Gasteiger charge is 2.22. The summed E-state index contributed by atoms with van der Waals surface area (Å²) in [5.74, 6) is -0.457. The van der Waals surface area contributed by atoms with Gasteiger partial charge >= 0.3 is 0 Å². The van der Waals surface area contributed by atoms with Crippen LogP contribution in [0.1, 0.15) is 25.5 Å². The third-order valence-corrected chi connectivity index (χ3v) is 5.23. The first-order valence-electron chi connectivity index (χ1n) is 7.54. The molecule has 3 aromatic rings. The van der Waals surface area contributed by atoms with E-state index in [9.17, 15) is 12.8 Å². The fourth-order valence-corrected chi connectivity index (χ4v) is 3.77. The van der Waals surface area contributed by atoms with Crippen LogP contribution in [0, 0.1) is 12.7 Å². The van der Waals surface area contributed by atoms with E-state index in [1.54, 1.807) is 36.0 Å². The molecule has 0 aliphatic carbocycles. The van der Waals surface area contributed by atoms with E-state index in [1.807, 2.05) is 13.8 Å². The summed E-state index contributed by atoms with van der Waals surface area (Å²) in [7, 11) is -3.86. The highest BCUT2D eigenvalue weighted by molar-refractivity contribution is 7.93. The van der Waals surface area contributed by atoms with E-state index >= 15 is 0 Å². The quantitative estimate of drug-likeness (QED) is 0.779. The summed E-state index contributed by atoms with van der Waals surface area (Å²) in [6.45, 7) is 5.52. The maximum atomic E-state index is 13.7. The van der Waals surface area contributed by atoms with Gasteiger partial charge < -0.3 is 4.57 Å². The van der Waals surface area contributed by atoms with Crippen molar-refractivity contribution in [3.63, 3.8) is 0 Å². The highest BCUT2D eigenvalue weighted by atomic mass is 32.2. The summed E-state index contributed by atoms with van der Waals surface area (Å²) in [5.41, 5.74) is 1.24. The number of halogens is 1. The van der Waals surface area contributed by atoms with Gasteiger partial charge in [-0.05, 0) is 50.6 Å². The van der Waals surface area contributed by atoms with Crippen LogP contribution in [0.4, 0.5) is 10.1 Å². The Kier molecular flexibility index (Phi) is 4.04. The fraction of sp³-hybridized carbons (Fsp3) is 0.235. The standard InChI is InChI=1S/C17H18FN3O2S/c1-11(2)21-10-16(14-5-4-8-19-17(14)21)24(22,23)20-13-7-6-12(3)15(18)9-13/h4-11,20H,1-3H3. The van der Waals surface area contributed by atoms with E-state index < -0.39 is 15.8 Å². The number of rotatable bonds is 4. The lowest BCUT2D eigenvalue weighted by atomic mass is 10.2. The van der Waals surface area contributed by atoms with E-state index in [0.717, 1.165) is 0 Å². The molecule has 24 heavy (non-hydrogen) atoms. The van der Waals surface area contributed by atoms with Crippen molar-refractivity contribution in [1.82, 2.24) is 9.55 Å². The molecule has 2 aromatic heterocycles. The number of fused-ring (bicyclic) bond motifs is 1. The second kappa shape index (κ2) is 5.90. The summed E-state index contributed by atoms with van der Waals surface area (Å²) in [6.07, 6.45) is 3.19. The SMILES string of the molecule is Cc1ccc(NS(=O)(=O)c2cn(C(C)C)c3ncccc23)cc1F. The molecule has 0 bridgehead atoms. The first kappa shape index (κ1) is 16.4. The topological polar surface area (TPSA) is 64.0 Å². The number of nitrogens with one attached hydrogen (secondary N) is 1. The van der Waals surface area contributed by atoms with Crippen LogP contribution in [0.25, 0.3) is 11.0 Å². The molecule has 1 N–H and O–H groups in total. The van der Waals surface area contributed by atoms with Crippen molar-refractivity contribution in [3.8, 4) is 0 Å². The van der Waals surface area contributed by atoms with Crippen LogP contribution in [-0.4, -0.2) is 18.0 Å². The number of pyridine rings is 1. The van der Waals surface area contributed by atoms with Crippen molar-refractivity contribution in [2.24, 2.45) is 0 Å². The minimum absolute atomic E-state index is 0.0585. The van der Waals surface area contributed by atoms with E-state index in [1.165, 1.54) is 18.2 Å². The second-order valence-corrected chi connectivity index (χ2v) is 7.59. The molecule has 7 heteroatoms. The van der Waals surface area contributed by atoms with Gasteiger partial charge in [-0.2, -0.15) is 0 Å². The van der Waals surface area contributed by atoms with Gasteiger partial charge in [-0.15, -0.1) is 0 Å². The first-order valence-corrected chi connectivity index (χ1v) is 9.02. The summed E-state index contributed by atoms with van der Waals surface area (Å²) in [6, 6.07) is 7.71. The van der Waals surface area contributed by atoms with E-state index in [4.69, 9.17) is 0 Å². The summed E-state index contributed by atoms with van der Waals surface area (Å²) < 4.78 is 43.5. The summed E-state index contributed by atoms with van der Waals surface area (Å²) in [5, 5.41) is 0.534. The maximum absolute atomic E-state index is 13.7. The van der Waals surface area contributed by atoms with Crippen molar-refractivity contribution in [3.05, 3.63) is 54.1 Å². The molecule has 0 saturated carbocycles. The van der Waals surface area contributed by atoms with Crippen molar-refractivity contribution >= 4 is 26.7 Å². The molecule has 0 aliphatic heterocycles. The number of sulfonamides is 1. The predicted octanol–water partition coefficient (Wildman–Crippen LogP) is 3.87. The number of hydrogen-bond acceptors (Lipinski definition) is 3. The molecule has 1 aromatic carbocycles. The fourth-order valence-electron chi connectivity index (χ4n) is 2.53. The lowest BCUT2D eigenvalue weighted by Gasteiger charge is -2.08. The van der Waals surface area contributed by atoms with Crippen molar-refractivity contribution < 1.29 is 12.8 Å². The van der Waals surface area contributed by atoms with Crippen LogP contribution in [-0.2, 0) is 10.0 Å². The van der Waals surface area contributed by atoms with Crippen molar-refractivity contribution in [2.75, 3.05) is 4.72 Å². The summed E-state index contributed by atoms with van der Waals surface area (Å²) in [4.78, 5) is 4.41. The molecule has 0 unspecified atom stereocenters. The Morgan fingerprint density at radius 1 is 1.25 bits per heavy atom. The van der Waals surface area contributed by atoms with Crippen LogP contribution in [0.2, 0.25) is 0 Å². The maximum Gasteiger partial charge on any atom is 0.264 e. The van der Waals surface area contributed by atoms with Crippen LogP contribution in [0.5, 0.6) is 0 Å². The van der Waals surface area contributed by atoms with Gasteiger partial charge in [0, 0.05) is 23.8 Å². The van der Waals surface area contributed by atoms with Crippen LogP contribution >= 0.6 is 0 Å². The van der Waals surface area contributed by atoms with Crippen molar-refractivity contribution in [1.29, 1.82) is 0 Å². The molecule has 0 aliphatic rings. The molecule has 0 amide bonds. The second-order valence-electron chi connectivity index (χ2n) is 5.94. The molecule has 0 saturated heterocycles. The van der Waals surface area contributed by atoms with Gasteiger partial charge in [-0.25, -0.2) is 17.8 Å². The Morgan fingerprint density at radius 3 is 2.67 bits per heavy atom. The zero-order chi connectivity index (χ0) is 17.5. The van der Waals surface area contributed by atoms with Gasteiger partial charge in [0.2, 0.25) is 0 Å². The van der Waals surface area contributed by atoms with Crippen LogP contribution in [0.3, 0.4) is 0 Å². The minimum atomic E-state index is -3.86. The Morgan fingerprint density at radius 2 is 2.00 bits per heavy atom. The molecule has 5 nitrogen and oxygen atoms in total. The van der Waals surface area contributed by atoms with Crippen LogP contribution < -0.4 is 4.72 Å². The average Bonchev–Trinajstić information content (AvgIpc) is 2.91. The molecular formula is C17H18FN3O2S. The van der Waals surface area contributed by atoms with Gasteiger partial charge in [0.1, 0.15) is 16.4 Å². The Balaban J connectivity index is 2.10. The highest BCUT2D eigenvalue weighted by Crippen LogP contribution is 2.28. The molecule has 0 radical (unpaired) electrons. The number of aromatic nitrogens is 2. The van der Waals surface area contributed by atoms with Gasteiger partial charge in [0.25, 0.3) is 10.0 Å². The largest absolute Gasteiger partial charge is 0.329 e. The lowest BCUT2D eigenvalue weighted by molar-refractivity contribution is 0.596. The third kappa shape index (κ3) is 2.87.